The fourth-order valence-corrected chi connectivity index (χ4v) is 3.00. The fourth-order valence-electron chi connectivity index (χ4n) is 2.81. The van der Waals surface area contributed by atoms with Crippen molar-refractivity contribution in [1.82, 2.24) is 9.88 Å². The lowest BCUT2D eigenvalue weighted by atomic mass is 10.1. The maximum atomic E-state index is 13.3. The van der Waals surface area contributed by atoms with E-state index >= 15 is 0 Å². The summed E-state index contributed by atoms with van der Waals surface area (Å²) in [6.07, 6.45) is 0. The number of para-hydroxylation sites is 1. The first-order valence-corrected chi connectivity index (χ1v) is 9.65. The highest BCUT2D eigenvalue weighted by Gasteiger charge is 2.18. The Balaban J connectivity index is 1.57. The van der Waals surface area contributed by atoms with Gasteiger partial charge in [0.15, 0.2) is 6.61 Å². The van der Waals surface area contributed by atoms with Gasteiger partial charge in [0.25, 0.3) is 5.91 Å². The molecule has 0 atom stereocenters. The highest BCUT2D eigenvalue weighted by atomic mass is 35.5. The number of hydrogen-bond donors (Lipinski definition) is 1. The van der Waals surface area contributed by atoms with Gasteiger partial charge in [0.1, 0.15) is 5.82 Å². The zero-order valence-corrected chi connectivity index (χ0v) is 17.6. The summed E-state index contributed by atoms with van der Waals surface area (Å²) in [5, 5.41) is 3.55. The van der Waals surface area contributed by atoms with Crippen LogP contribution in [-0.4, -0.2) is 47.9 Å². The molecule has 9 heteroatoms. The first kappa shape index (κ1) is 22.2. The number of carbonyl (C=O) groups excluding carboxylic acids is 3. The molecule has 0 aliphatic rings. The van der Waals surface area contributed by atoms with Crippen LogP contribution >= 0.6 is 11.6 Å². The van der Waals surface area contributed by atoms with Crippen molar-refractivity contribution in [2.75, 3.05) is 25.5 Å². The molecule has 0 bridgehead atoms. The van der Waals surface area contributed by atoms with Crippen molar-refractivity contribution < 1.29 is 23.5 Å². The number of halogens is 2. The minimum Gasteiger partial charge on any atom is -0.452 e. The van der Waals surface area contributed by atoms with E-state index in [2.05, 4.69) is 10.3 Å². The Kier molecular flexibility index (Phi) is 6.81. The minimum absolute atomic E-state index is 0.172. The van der Waals surface area contributed by atoms with Crippen molar-refractivity contribution in [3.63, 3.8) is 0 Å². The van der Waals surface area contributed by atoms with Gasteiger partial charge in [-0.05, 0) is 37.3 Å². The Morgan fingerprint density at radius 2 is 1.90 bits per heavy atom. The molecule has 2 aromatic carbocycles. The van der Waals surface area contributed by atoms with Crippen molar-refractivity contribution >= 4 is 46.0 Å². The summed E-state index contributed by atoms with van der Waals surface area (Å²) in [4.78, 5) is 42.1. The lowest BCUT2D eigenvalue weighted by Gasteiger charge is -2.17. The summed E-state index contributed by atoms with van der Waals surface area (Å²) >= 11 is 5.99. The third kappa shape index (κ3) is 5.55. The van der Waals surface area contributed by atoms with Gasteiger partial charge in [-0.1, -0.05) is 23.7 Å². The predicted octanol–water partition coefficient (Wildman–Crippen LogP) is 3.59. The molecule has 0 saturated carbocycles. The van der Waals surface area contributed by atoms with Crippen LogP contribution in [-0.2, 0) is 14.3 Å². The normalized spacial score (nSPS) is 10.6. The number of likely N-dealkylation sites (N-methyl/N-ethyl adjacent to an activating group) is 1. The largest absolute Gasteiger partial charge is 0.452 e. The molecule has 31 heavy (non-hydrogen) atoms. The van der Waals surface area contributed by atoms with Crippen LogP contribution in [0.1, 0.15) is 16.1 Å². The number of rotatable bonds is 6. The van der Waals surface area contributed by atoms with E-state index in [1.54, 1.807) is 31.2 Å². The van der Waals surface area contributed by atoms with Crippen LogP contribution in [0.2, 0.25) is 5.02 Å². The second-order valence-electron chi connectivity index (χ2n) is 6.81. The first-order valence-electron chi connectivity index (χ1n) is 9.27. The van der Waals surface area contributed by atoms with Gasteiger partial charge >= 0.3 is 5.97 Å². The lowest BCUT2D eigenvalue weighted by Crippen LogP contribution is -2.37. The quantitative estimate of drug-likeness (QED) is 0.588. The topological polar surface area (TPSA) is 88.6 Å². The molecule has 1 N–H and O–H groups in total. The SMILES string of the molecule is Cc1nc2cc(F)ccc2cc1C(=O)OCC(=O)N(C)CC(=O)Nc1ccccc1Cl. The number of nitrogens with one attached hydrogen (secondary N) is 1. The predicted molar refractivity (Wildman–Crippen MR) is 114 cm³/mol. The van der Waals surface area contributed by atoms with Gasteiger partial charge in [-0.25, -0.2) is 9.18 Å². The highest BCUT2D eigenvalue weighted by Crippen LogP contribution is 2.20. The molecule has 0 radical (unpaired) electrons. The lowest BCUT2D eigenvalue weighted by molar-refractivity contribution is -0.136. The van der Waals surface area contributed by atoms with Crippen LogP contribution in [0.15, 0.2) is 48.5 Å². The van der Waals surface area contributed by atoms with Gasteiger partial charge < -0.3 is 15.0 Å². The van der Waals surface area contributed by atoms with E-state index in [0.29, 0.717) is 27.3 Å². The second kappa shape index (κ2) is 9.53. The van der Waals surface area contributed by atoms with Crippen LogP contribution in [0, 0.1) is 12.7 Å². The fraction of sp³-hybridized carbons (Fsp3) is 0.182. The molecular weight excluding hydrogens is 425 g/mol. The summed E-state index contributed by atoms with van der Waals surface area (Å²) < 4.78 is 18.4. The van der Waals surface area contributed by atoms with E-state index in [1.165, 1.54) is 31.3 Å². The molecule has 0 aliphatic carbocycles. The number of pyridine rings is 1. The number of benzene rings is 2. The Bertz CT molecular complexity index is 1170. The van der Waals surface area contributed by atoms with Crippen LogP contribution in [0.3, 0.4) is 0 Å². The highest BCUT2D eigenvalue weighted by molar-refractivity contribution is 6.33. The molecule has 7 nitrogen and oxygen atoms in total. The number of aromatic nitrogens is 1. The molecular formula is C22H19ClFN3O4. The monoisotopic (exact) mass is 443 g/mol. The Hall–Kier alpha value is -3.52. The van der Waals surface area contributed by atoms with Gasteiger partial charge in [0, 0.05) is 18.5 Å². The third-order valence-electron chi connectivity index (χ3n) is 4.47. The van der Waals surface area contributed by atoms with Gasteiger partial charge in [-0.2, -0.15) is 0 Å². The Morgan fingerprint density at radius 1 is 1.16 bits per heavy atom. The summed E-state index contributed by atoms with van der Waals surface area (Å²) in [5.41, 5.74) is 1.36. The molecule has 0 saturated heterocycles. The number of nitrogens with zero attached hydrogens (tertiary/aromatic N) is 2. The van der Waals surface area contributed by atoms with Crippen molar-refractivity contribution in [1.29, 1.82) is 0 Å². The van der Waals surface area contributed by atoms with Gasteiger partial charge in [-0.3, -0.25) is 14.6 Å². The Labute approximate surface area is 182 Å². The molecule has 1 aromatic heterocycles. The number of carbonyl (C=O) groups is 3. The van der Waals surface area contributed by atoms with Crippen molar-refractivity contribution in [2.24, 2.45) is 0 Å². The molecule has 2 amide bonds. The average molecular weight is 444 g/mol. The maximum Gasteiger partial charge on any atom is 0.340 e. The zero-order valence-electron chi connectivity index (χ0n) is 16.8. The summed E-state index contributed by atoms with van der Waals surface area (Å²) in [5.74, 6) is -2.17. The third-order valence-corrected chi connectivity index (χ3v) is 4.80. The van der Waals surface area contributed by atoms with E-state index in [1.807, 2.05) is 0 Å². The van der Waals surface area contributed by atoms with E-state index in [-0.39, 0.29) is 12.1 Å². The standard InChI is InChI=1S/C22H19ClFN3O4/c1-13-16(9-14-7-8-15(24)10-19(14)25-13)22(30)31-12-21(29)27(2)11-20(28)26-18-6-4-3-5-17(18)23/h3-10H,11-12H2,1-2H3,(H,26,28). The van der Waals surface area contributed by atoms with Crippen LogP contribution in [0.25, 0.3) is 10.9 Å². The van der Waals surface area contributed by atoms with E-state index in [9.17, 15) is 18.8 Å². The number of anilines is 1. The van der Waals surface area contributed by atoms with Gasteiger partial charge in [0.05, 0.1) is 34.0 Å². The van der Waals surface area contributed by atoms with E-state index in [0.717, 1.165) is 4.90 Å². The van der Waals surface area contributed by atoms with Crippen molar-refractivity contribution in [3.8, 4) is 0 Å². The smallest absolute Gasteiger partial charge is 0.340 e. The van der Waals surface area contributed by atoms with E-state index in [4.69, 9.17) is 16.3 Å². The maximum absolute atomic E-state index is 13.3. The number of fused-ring (bicyclic) bond motifs is 1. The van der Waals surface area contributed by atoms with E-state index < -0.39 is 30.2 Å². The number of amides is 2. The zero-order chi connectivity index (χ0) is 22.5. The summed E-state index contributed by atoms with van der Waals surface area (Å²) in [6.45, 7) is 0.799. The molecule has 3 rings (SSSR count). The molecule has 0 spiro atoms. The molecule has 160 valence electrons. The summed E-state index contributed by atoms with van der Waals surface area (Å²) in [6, 6.07) is 12.3. The minimum atomic E-state index is -0.738. The van der Waals surface area contributed by atoms with Crippen molar-refractivity contribution in [3.05, 3.63) is 70.6 Å². The summed E-state index contributed by atoms with van der Waals surface area (Å²) in [7, 11) is 1.42. The first-order chi connectivity index (χ1) is 14.7. The number of esters is 1. The van der Waals surface area contributed by atoms with Crippen molar-refractivity contribution in [2.45, 2.75) is 6.92 Å². The molecule has 1 heterocycles. The van der Waals surface area contributed by atoms with Crippen LogP contribution in [0.5, 0.6) is 0 Å². The van der Waals surface area contributed by atoms with Crippen LogP contribution in [0.4, 0.5) is 10.1 Å². The number of hydrogen-bond acceptors (Lipinski definition) is 5. The molecule has 3 aromatic rings. The Morgan fingerprint density at radius 3 is 2.65 bits per heavy atom. The van der Waals surface area contributed by atoms with Gasteiger partial charge in [-0.15, -0.1) is 0 Å². The molecule has 0 aliphatic heterocycles. The number of ether oxygens (including phenoxy) is 1. The van der Waals surface area contributed by atoms with Gasteiger partial charge in [0.2, 0.25) is 5.91 Å². The average Bonchev–Trinajstić information content (AvgIpc) is 2.72. The second-order valence-corrected chi connectivity index (χ2v) is 7.22. The number of aryl methyl sites for hydroxylation is 1. The molecule has 0 unspecified atom stereocenters. The molecule has 0 fully saturated rings. The van der Waals surface area contributed by atoms with Crippen LogP contribution < -0.4 is 5.32 Å².